The minimum absolute atomic E-state index is 0.893. The molecule has 1 fully saturated rings. The molecule has 0 spiro atoms. The van der Waals surface area contributed by atoms with Crippen molar-refractivity contribution in [2.24, 2.45) is 23.7 Å². The summed E-state index contributed by atoms with van der Waals surface area (Å²) in [5, 5.41) is 0. The van der Waals surface area contributed by atoms with Gasteiger partial charge in [-0.3, -0.25) is 0 Å². The Labute approximate surface area is 116 Å². The highest BCUT2D eigenvalue weighted by atomic mass is 14.3. The summed E-state index contributed by atoms with van der Waals surface area (Å²) in [6.07, 6.45) is 14.8. The van der Waals surface area contributed by atoms with Gasteiger partial charge >= 0.3 is 0 Å². The molecule has 0 aromatic rings. The predicted molar refractivity (Wildman–Crippen MR) is 82.8 cm³/mol. The lowest BCUT2D eigenvalue weighted by atomic mass is 9.76. The van der Waals surface area contributed by atoms with E-state index in [1.54, 1.807) is 0 Å². The van der Waals surface area contributed by atoms with Crippen LogP contribution in [-0.4, -0.2) is 0 Å². The molecule has 0 amide bonds. The zero-order valence-electron chi connectivity index (χ0n) is 13.4. The summed E-state index contributed by atoms with van der Waals surface area (Å²) in [6, 6.07) is 0. The van der Waals surface area contributed by atoms with Gasteiger partial charge < -0.3 is 0 Å². The molecule has 0 radical (unpaired) electrons. The molecule has 0 heterocycles. The summed E-state index contributed by atoms with van der Waals surface area (Å²) < 4.78 is 0. The topological polar surface area (TPSA) is 0 Å². The minimum Gasteiger partial charge on any atom is -0.0654 e. The Morgan fingerprint density at radius 1 is 0.944 bits per heavy atom. The van der Waals surface area contributed by atoms with E-state index in [4.69, 9.17) is 0 Å². The van der Waals surface area contributed by atoms with Crippen molar-refractivity contribution < 1.29 is 0 Å². The van der Waals surface area contributed by atoms with E-state index in [1.165, 1.54) is 64.2 Å². The Balaban J connectivity index is 2.47. The van der Waals surface area contributed by atoms with E-state index in [0.717, 1.165) is 23.7 Å². The molecule has 1 aliphatic carbocycles. The highest BCUT2D eigenvalue weighted by Crippen LogP contribution is 2.38. The molecule has 18 heavy (non-hydrogen) atoms. The Kier molecular flexibility index (Phi) is 8.02. The van der Waals surface area contributed by atoms with Crippen LogP contribution in [0.4, 0.5) is 0 Å². The Hall–Kier alpha value is 0. The first kappa shape index (κ1) is 16.1. The summed E-state index contributed by atoms with van der Waals surface area (Å²) >= 11 is 0. The Morgan fingerprint density at radius 3 is 2.33 bits per heavy atom. The molecule has 0 aliphatic heterocycles. The van der Waals surface area contributed by atoms with E-state index in [0.29, 0.717) is 0 Å². The molecular formula is C18H36. The van der Waals surface area contributed by atoms with Crippen molar-refractivity contribution in [3.05, 3.63) is 0 Å². The van der Waals surface area contributed by atoms with Crippen LogP contribution >= 0.6 is 0 Å². The zero-order chi connectivity index (χ0) is 13.4. The van der Waals surface area contributed by atoms with Crippen LogP contribution in [0.3, 0.4) is 0 Å². The summed E-state index contributed by atoms with van der Waals surface area (Å²) in [5.74, 6) is 3.99. The zero-order valence-corrected chi connectivity index (χ0v) is 13.4. The molecule has 3 atom stereocenters. The van der Waals surface area contributed by atoms with Crippen molar-refractivity contribution in [2.75, 3.05) is 0 Å². The fraction of sp³-hybridized carbons (Fsp3) is 1.00. The summed E-state index contributed by atoms with van der Waals surface area (Å²) in [6.45, 7) is 9.59. The lowest BCUT2D eigenvalue weighted by molar-refractivity contribution is 0.209. The number of rotatable bonds is 7. The summed E-state index contributed by atoms with van der Waals surface area (Å²) in [7, 11) is 0. The van der Waals surface area contributed by atoms with Gasteiger partial charge in [0.2, 0.25) is 0 Å². The Bertz CT molecular complexity index is 194. The SMILES string of the molecule is CCCCC(C(C)C)C1CCCC(CCC)CC1. The maximum absolute atomic E-state index is 2.45. The standard InChI is InChI=1S/C18H36/c1-5-7-12-18(15(3)4)17-11-8-10-16(9-6-2)13-14-17/h15-18H,5-14H2,1-4H3. The van der Waals surface area contributed by atoms with Crippen LogP contribution < -0.4 is 0 Å². The number of hydrogen-bond donors (Lipinski definition) is 0. The normalized spacial score (nSPS) is 27.2. The first-order valence-corrected chi connectivity index (χ1v) is 8.69. The molecule has 3 unspecified atom stereocenters. The second-order valence-electron chi connectivity index (χ2n) is 6.97. The molecule has 0 N–H and O–H groups in total. The van der Waals surface area contributed by atoms with Crippen LogP contribution in [0, 0.1) is 23.7 Å². The van der Waals surface area contributed by atoms with Gasteiger partial charge in [-0.25, -0.2) is 0 Å². The van der Waals surface area contributed by atoms with Gasteiger partial charge in [0, 0.05) is 0 Å². The van der Waals surface area contributed by atoms with Crippen LogP contribution in [0.2, 0.25) is 0 Å². The largest absolute Gasteiger partial charge is 0.0654 e. The predicted octanol–water partition coefficient (Wildman–Crippen LogP) is 6.45. The number of unbranched alkanes of at least 4 members (excludes halogenated alkanes) is 1. The quantitative estimate of drug-likeness (QED) is 0.457. The van der Waals surface area contributed by atoms with Crippen LogP contribution in [-0.2, 0) is 0 Å². The highest BCUT2D eigenvalue weighted by Gasteiger charge is 2.26. The second kappa shape index (κ2) is 8.99. The minimum atomic E-state index is 0.893. The Morgan fingerprint density at radius 2 is 1.72 bits per heavy atom. The van der Waals surface area contributed by atoms with Gasteiger partial charge in [-0.05, 0) is 36.5 Å². The highest BCUT2D eigenvalue weighted by molar-refractivity contribution is 4.78. The lowest BCUT2D eigenvalue weighted by Crippen LogP contribution is -2.20. The molecule has 0 nitrogen and oxygen atoms in total. The fourth-order valence-corrected chi connectivity index (χ4v) is 4.09. The van der Waals surface area contributed by atoms with Crippen molar-refractivity contribution in [1.82, 2.24) is 0 Å². The van der Waals surface area contributed by atoms with E-state index < -0.39 is 0 Å². The summed E-state index contributed by atoms with van der Waals surface area (Å²) in [5.41, 5.74) is 0. The maximum atomic E-state index is 2.45. The van der Waals surface area contributed by atoms with Crippen LogP contribution in [0.15, 0.2) is 0 Å². The van der Waals surface area contributed by atoms with Crippen molar-refractivity contribution in [1.29, 1.82) is 0 Å². The molecule has 0 aromatic heterocycles. The van der Waals surface area contributed by atoms with E-state index in [1.807, 2.05) is 0 Å². The first-order chi connectivity index (χ1) is 8.69. The van der Waals surface area contributed by atoms with E-state index >= 15 is 0 Å². The second-order valence-corrected chi connectivity index (χ2v) is 6.97. The van der Waals surface area contributed by atoms with E-state index in [-0.39, 0.29) is 0 Å². The molecule has 0 aromatic carbocycles. The number of hydrogen-bond acceptors (Lipinski definition) is 0. The average Bonchev–Trinajstić information content (AvgIpc) is 2.56. The molecule has 1 saturated carbocycles. The van der Waals surface area contributed by atoms with Crippen LogP contribution in [0.25, 0.3) is 0 Å². The molecular weight excluding hydrogens is 216 g/mol. The summed E-state index contributed by atoms with van der Waals surface area (Å²) in [4.78, 5) is 0. The third-order valence-electron chi connectivity index (χ3n) is 5.18. The molecule has 108 valence electrons. The third-order valence-corrected chi connectivity index (χ3v) is 5.18. The van der Waals surface area contributed by atoms with Gasteiger partial charge in [0.05, 0.1) is 0 Å². The fourth-order valence-electron chi connectivity index (χ4n) is 4.09. The first-order valence-electron chi connectivity index (χ1n) is 8.69. The van der Waals surface area contributed by atoms with Gasteiger partial charge in [0.1, 0.15) is 0 Å². The van der Waals surface area contributed by atoms with Crippen molar-refractivity contribution in [2.45, 2.75) is 91.9 Å². The van der Waals surface area contributed by atoms with Gasteiger partial charge in [-0.1, -0.05) is 79.1 Å². The molecule has 1 rings (SSSR count). The molecule has 0 bridgehead atoms. The van der Waals surface area contributed by atoms with Gasteiger partial charge in [0.25, 0.3) is 0 Å². The van der Waals surface area contributed by atoms with E-state index in [2.05, 4.69) is 27.7 Å². The average molecular weight is 252 g/mol. The van der Waals surface area contributed by atoms with Crippen molar-refractivity contribution in [3.63, 3.8) is 0 Å². The van der Waals surface area contributed by atoms with Gasteiger partial charge in [-0.15, -0.1) is 0 Å². The van der Waals surface area contributed by atoms with Gasteiger partial charge in [0.15, 0.2) is 0 Å². The van der Waals surface area contributed by atoms with Crippen molar-refractivity contribution >= 4 is 0 Å². The molecule has 0 saturated heterocycles. The van der Waals surface area contributed by atoms with Crippen molar-refractivity contribution in [3.8, 4) is 0 Å². The third kappa shape index (κ3) is 5.33. The lowest BCUT2D eigenvalue weighted by Gasteiger charge is -2.29. The van der Waals surface area contributed by atoms with Gasteiger partial charge in [-0.2, -0.15) is 0 Å². The molecule has 1 aliphatic rings. The monoisotopic (exact) mass is 252 g/mol. The van der Waals surface area contributed by atoms with Crippen LogP contribution in [0.5, 0.6) is 0 Å². The molecule has 0 heteroatoms. The maximum Gasteiger partial charge on any atom is -0.0363 e. The van der Waals surface area contributed by atoms with Crippen LogP contribution in [0.1, 0.15) is 91.9 Å². The van der Waals surface area contributed by atoms with E-state index in [9.17, 15) is 0 Å². The smallest absolute Gasteiger partial charge is 0.0363 e.